The van der Waals surface area contributed by atoms with Gasteiger partial charge in [-0.25, -0.2) is 0 Å². The molecule has 0 saturated carbocycles. The Kier molecular flexibility index (Phi) is 4.87. The summed E-state index contributed by atoms with van der Waals surface area (Å²) in [5.74, 6) is 0.982. The number of hydrogen-bond acceptors (Lipinski definition) is 5. The van der Waals surface area contributed by atoms with Crippen LogP contribution in [0.15, 0.2) is 47.0 Å². The zero-order chi connectivity index (χ0) is 21.8. The minimum atomic E-state index is 0.0147. The highest BCUT2D eigenvalue weighted by Gasteiger charge is 2.49. The quantitative estimate of drug-likeness (QED) is 0.692. The maximum absolute atomic E-state index is 6.64. The number of benzene rings is 2. The van der Waals surface area contributed by atoms with Crippen LogP contribution in [0.3, 0.4) is 0 Å². The Hall–Kier alpha value is -2.37. The van der Waals surface area contributed by atoms with Crippen molar-refractivity contribution >= 4 is 16.8 Å². The molecule has 1 aliphatic heterocycles. The molecule has 2 heterocycles. The van der Waals surface area contributed by atoms with E-state index in [1.807, 2.05) is 18.2 Å². The summed E-state index contributed by atoms with van der Waals surface area (Å²) in [4.78, 5) is 4.91. The van der Waals surface area contributed by atoms with Gasteiger partial charge in [0.25, 0.3) is 0 Å². The van der Waals surface area contributed by atoms with Crippen LogP contribution in [0, 0.1) is 0 Å². The first-order valence-corrected chi connectivity index (χ1v) is 11.5. The SMILES string of the molecule is CC1(C)c2ccc(CCN3CCN(c4noc5ccccc45)CC3)cc2C(C)(C)C1N. The highest BCUT2D eigenvalue weighted by molar-refractivity contribution is 5.88. The van der Waals surface area contributed by atoms with E-state index in [0.717, 1.165) is 55.9 Å². The third-order valence-corrected chi connectivity index (χ3v) is 7.77. The molecule has 5 nitrogen and oxygen atoms in total. The van der Waals surface area contributed by atoms with E-state index in [1.165, 1.54) is 16.7 Å². The van der Waals surface area contributed by atoms with Gasteiger partial charge in [0.1, 0.15) is 0 Å². The normalized spacial score (nSPS) is 22.7. The van der Waals surface area contributed by atoms with Crippen LogP contribution in [0.2, 0.25) is 0 Å². The van der Waals surface area contributed by atoms with Crippen LogP contribution in [-0.2, 0) is 17.3 Å². The topological polar surface area (TPSA) is 58.5 Å². The molecule has 0 bridgehead atoms. The maximum Gasteiger partial charge on any atom is 0.180 e. The standard InChI is InChI=1S/C26H34N4O/c1-25(2)20-10-9-18(17-21(20)26(3,4)24(25)27)11-12-29-13-15-30(16-14-29)23-19-7-5-6-8-22(19)31-28-23/h5-10,17,24H,11-16,27H2,1-4H3. The lowest BCUT2D eigenvalue weighted by atomic mass is 9.76. The summed E-state index contributed by atoms with van der Waals surface area (Å²) < 4.78 is 5.50. The van der Waals surface area contributed by atoms with Gasteiger partial charge in [0, 0.05) is 49.6 Å². The van der Waals surface area contributed by atoms with Crippen molar-refractivity contribution in [2.45, 2.75) is 51.0 Å². The van der Waals surface area contributed by atoms with Crippen LogP contribution < -0.4 is 10.6 Å². The highest BCUT2D eigenvalue weighted by Crippen LogP contribution is 2.48. The van der Waals surface area contributed by atoms with Crippen molar-refractivity contribution < 1.29 is 4.52 Å². The lowest BCUT2D eigenvalue weighted by molar-refractivity contribution is 0.259. The molecule has 1 fully saturated rings. The van der Waals surface area contributed by atoms with Crippen LogP contribution in [-0.4, -0.2) is 48.8 Å². The van der Waals surface area contributed by atoms with Crippen LogP contribution >= 0.6 is 0 Å². The third kappa shape index (κ3) is 3.35. The number of piperazine rings is 1. The largest absolute Gasteiger partial charge is 0.354 e. The molecule has 0 radical (unpaired) electrons. The van der Waals surface area contributed by atoms with Gasteiger partial charge < -0.3 is 15.2 Å². The Morgan fingerprint density at radius 2 is 1.68 bits per heavy atom. The van der Waals surface area contributed by atoms with Crippen LogP contribution in [0.5, 0.6) is 0 Å². The number of hydrogen-bond donors (Lipinski definition) is 1. The molecule has 2 N–H and O–H groups in total. The monoisotopic (exact) mass is 418 g/mol. The van der Waals surface area contributed by atoms with Crippen molar-refractivity contribution in [2.75, 3.05) is 37.6 Å². The minimum Gasteiger partial charge on any atom is -0.354 e. The zero-order valence-corrected chi connectivity index (χ0v) is 19.2. The number of rotatable bonds is 4. The third-order valence-electron chi connectivity index (χ3n) is 7.77. The molecule has 1 unspecified atom stereocenters. The van der Waals surface area contributed by atoms with E-state index < -0.39 is 0 Å². The molecule has 5 heteroatoms. The summed E-state index contributed by atoms with van der Waals surface area (Å²) in [7, 11) is 0. The first-order chi connectivity index (χ1) is 14.8. The average Bonchev–Trinajstić information content (AvgIpc) is 3.26. The van der Waals surface area contributed by atoms with Crippen molar-refractivity contribution in [3.05, 3.63) is 59.2 Å². The number of fused-ring (bicyclic) bond motifs is 2. The van der Waals surface area contributed by atoms with E-state index in [0.29, 0.717) is 0 Å². The van der Waals surface area contributed by atoms with E-state index in [2.05, 4.69) is 66.9 Å². The fraction of sp³-hybridized carbons (Fsp3) is 0.500. The Bertz CT molecular complexity index is 1090. The first kappa shape index (κ1) is 20.5. The molecular weight excluding hydrogens is 384 g/mol. The zero-order valence-electron chi connectivity index (χ0n) is 19.2. The van der Waals surface area contributed by atoms with Gasteiger partial charge in [-0.3, -0.25) is 4.90 Å². The number of anilines is 1. The van der Waals surface area contributed by atoms with Gasteiger partial charge in [0.15, 0.2) is 11.4 Å². The van der Waals surface area contributed by atoms with Gasteiger partial charge in [-0.05, 0) is 35.2 Å². The predicted octanol–water partition coefficient (Wildman–Crippen LogP) is 4.09. The number of aromatic nitrogens is 1. The summed E-state index contributed by atoms with van der Waals surface area (Å²) in [6.45, 7) is 14.3. The second-order valence-electron chi connectivity index (χ2n) is 10.4. The predicted molar refractivity (Wildman–Crippen MR) is 127 cm³/mol. The van der Waals surface area contributed by atoms with Gasteiger partial charge in [0.2, 0.25) is 0 Å². The molecule has 1 aromatic heterocycles. The molecule has 2 aliphatic rings. The number of nitrogens with zero attached hydrogens (tertiary/aromatic N) is 3. The van der Waals surface area contributed by atoms with Crippen molar-refractivity contribution in [2.24, 2.45) is 5.73 Å². The fourth-order valence-corrected chi connectivity index (χ4v) is 5.65. The Labute approximate surface area is 185 Å². The molecule has 164 valence electrons. The molecule has 5 rings (SSSR count). The van der Waals surface area contributed by atoms with Gasteiger partial charge in [-0.2, -0.15) is 0 Å². The lowest BCUT2D eigenvalue weighted by Crippen LogP contribution is -2.47. The molecular formula is C26H34N4O. The number of nitrogens with two attached hydrogens (primary N) is 1. The second kappa shape index (κ2) is 7.35. The van der Waals surface area contributed by atoms with Crippen LogP contribution in [0.4, 0.5) is 5.82 Å². The maximum atomic E-state index is 6.64. The lowest BCUT2D eigenvalue weighted by Gasteiger charge is -2.34. The van der Waals surface area contributed by atoms with Gasteiger partial charge in [-0.15, -0.1) is 0 Å². The molecule has 2 aromatic carbocycles. The van der Waals surface area contributed by atoms with Crippen molar-refractivity contribution in [1.82, 2.24) is 10.1 Å². The molecule has 1 atom stereocenters. The van der Waals surface area contributed by atoms with Crippen molar-refractivity contribution in [1.29, 1.82) is 0 Å². The second-order valence-corrected chi connectivity index (χ2v) is 10.4. The summed E-state index contributed by atoms with van der Waals surface area (Å²) in [5, 5.41) is 5.43. The summed E-state index contributed by atoms with van der Waals surface area (Å²) in [6.07, 6.45) is 1.08. The van der Waals surface area contributed by atoms with Crippen LogP contribution in [0.25, 0.3) is 11.0 Å². The molecule has 3 aromatic rings. The van der Waals surface area contributed by atoms with Crippen LogP contribution in [0.1, 0.15) is 44.4 Å². The number of para-hydroxylation sites is 1. The summed E-state index contributed by atoms with van der Waals surface area (Å²) in [5.41, 5.74) is 11.8. The molecule has 1 aliphatic carbocycles. The average molecular weight is 419 g/mol. The van der Waals surface area contributed by atoms with E-state index in [1.54, 1.807) is 0 Å². The van der Waals surface area contributed by atoms with E-state index in [9.17, 15) is 0 Å². The molecule has 0 spiro atoms. The van der Waals surface area contributed by atoms with Gasteiger partial charge in [0.05, 0.1) is 5.39 Å². The highest BCUT2D eigenvalue weighted by atomic mass is 16.5. The van der Waals surface area contributed by atoms with Crippen molar-refractivity contribution in [3.63, 3.8) is 0 Å². The Morgan fingerprint density at radius 1 is 0.968 bits per heavy atom. The van der Waals surface area contributed by atoms with E-state index in [4.69, 9.17) is 10.3 Å². The first-order valence-electron chi connectivity index (χ1n) is 11.5. The summed E-state index contributed by atoms with van der Waals surface area (Å²) >= 11 is 0. The van der Waals surface area contributed by atoms with Gasteiger partial charge in [-0.1, -0.05) is 63.2 Å². The molecule has 31 heavy (non-hydrogen) atoms. The fourth-order valence-electron chi connectivity index (χ4n) is 5.65. The Morgan fingerprint density at radius 3 is 2.45 bits per heavy atom. The van der Waals surface area contributed by atoms with E-state index >= 15 is 0 Å². The molecule has 1 saturated heterocycles. The Balaban J connectivity index is 1.22. The molecule has 0 amide bonds. The summed E-state index contributed by atoms with van der Waals surface area (Å²) in [6, 6.07) is 15.3. The minimum absolute atomic E-state index is 0.0147. The smallest absolute Gasteiger partial charge is 0.180 e. The van der Waals surface area contributed by atoms with Crippen molar-refractivity contribution in [3.8, 4) is 0 Å². The van der Waals surface area contributed by atoms with Gasteiger partial charge >= 0.3 is 0 Å². The van der Waals surface area contributed by atoms with E-state index in [-0.39, 0.29) is 16.9 Å².